The Hall–Kier alpha value is -1.81. The number of aromatic nitrogens is 2. The van der Waals surface area contributed by atoms with Gasteiger partial charge in [-0.2, -0.15) is 5.10 Å². The normalized spacial score (nSPS) is 17.2. The van der Waals surface area contributed by atoms with Crippen molar-refractivity contribution >= 4 is 5.69 Å². The van der Waals surface area contributed by atoms with E-state index in [4.69, 9.17) is 10.5 Å². The minimum atomic E-state index is 0.0362. The van der Waals surface area contributed by atoms with Crippen LogP contribution in [0.25, 0.3) is 0 Å². The van der Waals surface area contributed by atoms with Crippen LogP contribution in [0, 0.1) is 6.92 Å². The largest absolute Gasteiger partial charge is 0.399 e. The second kappa shape index (κ2) is 4.38. The first-order valence-electron chi connectivity index (χ1n) is 6.52. The van der Waals surface area contributed by atoms with E-state index < -0.39 is 0 Å². The molecule has 0 saturated carbocycles. The summed E-state index contributed by atoms with van der Waals surface area (Å²) in [5.74, 6) is 0. The van der Waals surface area contributed by atoms with E-state index in [0.29, 0.717) is 0 Å². The fourth-order valence-corrected chi connectivity index (χ4v) is 2.74. The molecule has 0 aliphatic carbocycles. The smallest absolute Gasteiger partial charge is 0.0664 e. The van der Waals surface area contributed by atoms with Crippen LogP contribution in [-0.2, 0) is 23.6 Å². The van der Waals surface area contributed by atoms with Crippen LogP contribution in [0.15, 0.2) is 30.5 Å². The Morgan fingerprint density at radius 1 is 1.42 bits per heavy atom. The molecule has 1 saturated heterocycles. The molecule has 2 heterocycles. The maximum Gasteiger partial charge on any atom is 0.0664 e. The van der Waals surface area contributed by atoms with E-state index in [2.05, 4.69) is 30.4 Å². The number of anilines is 1. The van der Waals surface area contributed by atoms with Gasteiger partial charge in [0.1, 0.15) is 0 Å². The van der Waals surface area contributed by atoms with Crippen LogP contribution in [-0.4, -0.2) is 23.0 Å². The minimum absolute atomic E-state index is 0.0362. The van der Waals surface area contributed by atoms with Crippen LogP contribution in [0.5, 0.6) is 0 Å². The number of nitrogens with zero attached hydrogens (tertiary/aromatic N) is 2. The third-order valence-corrected chi connectivity index (χ3v) is 3.88. The Balaban J connectivity index is 1.94. The summed E-state index contributed by atoms with van der Waals surface area (Å²) in [5, 5.41) is 4.55. The van der Waals surface area contributed by atoms with Gasteiger partial charge in [0.2, 0.25) is 0 Å². The summed E-state index contributed by atoms with van der Waals surface area (Å²) < 4.78 is 7.35. The zero-order chi connectivity index (χ0) is 13.5. The molecule has 19 heavy (non-hydrogen) atoms. The fourth-order valence-electron chi connectivity index (χ4n) is 2.74. The average Bonchev–Trinajstić information content (AvgIpc) is 2.62. The van der Waals surface area contributed by atoms with Crippen LogP contribution in [0.1, 0.15) is 16.8 Å². The first-order valence-corrected chi connectivity index (χ1v) is 6.52. The quantitative estimate of drug-likeness (QED) is 0.853. The van der Waals surface area contributed by atoms with Gasteiger partial charge in [-0.25, -0.2) is 0 Å². The van der Waals surface area contributed by atoms with Gasteiger partial charge in [-0.05, 0) is 30.2 Å². The van der Waals surface area contributed by atoms with Crippen LogP contribution in [0.2, 0.25) is 0 Å². The van der Waals surface area contributed by atoms with E-state index in [1.54, 1.807) is 0 Å². The molecule has 1 fully saturated rings. The lowest BCUT2D eigenvalue weighted by Gasteiger charge is -2.42. The summed E-state index contributed by atoms with van der Waals surface area (Å²) in [4.78, 5) is 0. The van der Waals surface area contributed by atoms with E-state index >= 15 is 0 Å². The Morgan fingerprint density at radius 2 is 2.21 bits per heavy atom. The first-order chi connectivity index (χ1) is 9.09. The number of nitrogens with two attached hydrogens (primary N) is 1. The number of nitrogen functional groups attached to an aromatic ring is 1. The zero-order valence-corrected chi connectivity index (χ0v) is 11.4. The summed E-state index contributed by atoms with van der Waals surface area (Å²) in [5.41, 5.74) is 10.4. The van der Waals surface area contributed by atoms with Crippen LogP contribution >= 0.6 is 0 Å². The van der Waals surface area contributed by atoms with E-state index in [1.807, 2.05) is 23.9 Å². The number of benzene rings is 1. The molecular formula is C15H19N3O. The predicted octanol–water partition coefficient (Wildman–Crippen LogP) is 1.82. The minimum Gasteiger partial charge on any atom is -0.399 e. The van der Waals surface area contributed by atoms with Crippen LogP contribution in [0.4, 0.5) is 5.69 Å². The maximum atomic E-state index is 5.90. The van der Waals surface area contributed by atoms with Crippen molar-refractivity contribution in [1.29, 1.82) is 0 Å². The van der Waals surface area contributed by atoms with Crippen LogP contribution in [0.3, 0.4) is 0 Å². The van der Waals surface area contributed by atoms with Crippen molar-refractivity contribution in [2.45, 2.75) is 18.8 Å². The zero-order valence-electron chi connectivity index (χ0n) is 11.4. The molecule has 0 spiro atoms. The average molecular weight is 257 g/mol. The van der Waals surface area contributed by atoms with E-state index in [0.717, 1.165) is 31.0 Å². The molecule has 1 aliphatic rings. The summed E-state index contributed by atoms with van der Waals surface area (Å²) >= 11 is 0. The second-order valence-corrected chi connectivity index (χ2v) is 5.51. The van der Waals surface area contributed by atoms with E-state index in [-0.39, 0.29) is 5.41 Å². The molecule has 1 aromatic carbocycles. The number of hydrogen-bond donors (Lipinski definition) is 1. The molecule has 100 valence electrons. The Bertz CT molecular complexity index is 599. The number of hydrogen-bond acceptors (Lipinski definition) is 3. The lowest BCUT2D eigenvalue weighted by atomic mass is 9.74. The molecular weight excluding hydrogens is 238 g/mol. The lowest BCUT2D eigenvalue weighted by molar-refractivity contribution is -0.0604. The van der Waals surface area contributed by atoms with Gasteiger partial charge >= 0.3 is 0 Å². The molecule has 1 aliphatic heterocycles. The summed E-state index contributed by atoms with van der Waals surface area (Å²) in [6.45, 7) is 3.59. The van der Waals surface area contributed by atoms with Crippen molar-refractivity contribution in [3.63, 3.8) is 0 Å². The van der Waals surface area contributed by atoms with Gasteiger partial charge in [-0.3, -0.25) is 4.68 Å². The van der Waals surface area contributed by atoms with Crippen molar-refractivity contribution in [3.8, 4) is 0 Å². The standard InChI is InChI=1S/C15H19N3O/c1-11-8-18(2)17-14(11)7-15(9-19-10-15)12-4-3-5-13(16)6-12/h3-6,8H,7,9-10,16H2,1-2H3. The topological polar surface area (TPSA) is 53.1 Å². The van der Waals surface area contributed by atoms with Crippen molar-refractivity contribution in [2.24, 2.45) is 7.05 Å². The van der Waals surface area contributed by atoms with Crippen molar-refractivity contribution in [2.75, 3.05) is 18.9 Å². The fraction of sp³-hybridized carbons (Fsp3) is 0.400. The molecule has 0 atom stereocenters. The van der Waals surface area contributed by atoms with Crippen LogP contribution < -0.4 is 5.73 Å². The van der Waals surface area contributed by atoms with Gasteiger partial charge in [0.05, 0.1) is 18.9 Å². The highest BCUT2D eigenvalue weighted by atomic mass is 16.5. The second-order valence-electron chi connectivity index (χ2n) is 5.51. The maximum absolute atomic E-state index is 5.90. The third-order valence-electron chi connectivity index (χ3n) is 3.88. The Kier molecular flexibility index (Phi) is 2.82. The first kappa shape index (κ1) is 12.2. The van der Waals surface area contributed by atoms with Crippen molar-refractivity contribution in [1.82, 2.24) is 9.78 Å². The monoisotopic (exact) mass is 257 g/mol. The van der Waals surface area contributed by atoms with Crippen molar-refractivity contribution < 1.29 is 4.74 Å². The van der Waals surface area contributed by atoms with Gasteiger partial charge in [-0.15, -0.1) is 0 Å². The third kappa shape index (κ3) is 2.12. The van der Waals surface area contributed by atoms with Crippen molar-refractivity contribution in [3.05, 3.63) is 47.3 Å². The summed E-state index contributed by atoms with van der Waals surface area (Å²) in [6, 6.07) is 8.12. The predicted molar refractivity (Wildman–Crippen MR) is 75.0 cm³/mol. The highest BCUT2D eigenvalue weighted by Crippen LogP contribution is 2.36. The van der Waals surface area contributed by atoms with E-state index in [9.17, 15) is 0 Å². The van der Waals surface area contributed by atoms with Gasteiger partial charge in [0, 0.05) is 30.8 Å². The van der Waals surface area contributed by atoms with Gasteiger partial charge in [-0.1, -0.05) is 12.1 Å². The SMILES string of the molecule is Cc1cn(C)nc1CC1(c2cccc(N)c2)COC1. The molecule has 4 nitrogen and oxygen atoms in total. The molecule has 2 N–H and O–H groups in total. The molecule has 0 amide bonds. The van der Waals surface area contributed by atoms with Gasteiger partial charge in [0.25, 0.3) is 0 Å². The van der Waals surface area contributed by atoms with Gasteiger partial charge < -0.3 is 10.5 Å². The molecule has 4 heteroatoms. The molecule has 0 bridgehead atoms. The molecule has 0 radical (unpaired) electrons. The summed E-state index contributed by atoms with van der Waals surface area (Å²) in [7, 11) is 1.96. The summed E-state index contributed by atoms with van der Waals surface area (Å²) in [6.07, 6.45) is 2.96. The Labute approximate surface area is 113 Å². The molecule has 0 unspecified atom stereocenters. The highest BCUT2D eigenvalue weighted by Gasteiger charge is 2.41. The lowest BCUT2D eigenvalue weighted by Crippen LogP contribution is -2.48. The van der Waals surface area contributed by atoms with Gasteiger partial charge in [0.15, 0.2) is 0 Å². The number of aryl methyl sites for hydroxylation is 2. The number of rotatable bonds is 3. The number of ether oxygens (including phenoxy) is 1. The Morgan fingerprint density at radius 3 is 2.74 bits per heavy atom. The molecule has 3 rings (SSSR count). The van der Waals surface area contributed by atoms with E-state index in [1.165, 1.54) is 11.1 Å². The molecule has 2 aromatic rings. The molecule has 1 aromatic heterocycles. The highest BCUT2D eigenvalue weighted by molar-refractivity contribution is 5.45.